The molecule has 0 saturated heterocycles. The monoisotopic (exact) mass is 305 g/mol. The highest BCUT2D eigenvalue weighted by molar-refractivity contribution is 7.84. The second kappa shape index (κ2) is 6.54. The first kappa shape index (κ1) is 16.9. The summed E-state index contributed by atoms with van der Waals surface area (Å²) in [6, 6.07) is 6.72. The lowest BCUT2D eigenvalue weighted by Gasteiger charge is -2.24. The number of benzene rings is 1. The maximum absolute atomic E-state index is 12.9. The average molecular weight is 305 g/mol. The van der Waals surface area contributed by atoms with E-state index >= 15 is 0 Å². The molecule has 2 nitrogen and oxygen atoms in total. The summed E-state index contributed by atoms with van der Waals surface area (Å²) in [4.78, 5) is 0. The van der Waals surface area contributed by atoms with Crippen molar-refractivity contribution in [3.8, 4) is 0 Å². The van der Waals surface area contributed by atoms with Crippen LogP contribution in [0.5, 0.6) is 0 Å². The summed E-state index contributed by atoms with van der Waals surface area (Å²) in [6.45, 7) is 4.85. The summed E-state index contributed by atoms with van der Waals surface area (Å²) in [5.41, 5.74) is 0.657. The summed E-state index contributed by atoms with van der Waals surface area (Å²) in [5.74, 6) is 0. The molecule has 1 unspecified atom stereocenters. The van der Waals surface area contributed by atoms with Gasteiger partial charge in [-0.05, 0) is 26.3 Å². The molecule has 0 spiro atoms. The summed E-state index contributed by atoms with van der Waals surface area (Å²) in [7, 11) is -1.79. The van der Waals surface area contributed by atoms with Crippen LogP contribution >= 0.6 is 0 Å². The number of hydrogen-bond donors (Lipinski definition) is 1. The van der Waals surface area contributed by atoms with Crippen molar-refractivity contribution in [3.05, 3.63) is 42.0 Å². The number of halogens is 3. The molecule has 0 aromatic heterocycles. The maximum Gasteiger partial charge on any atom is 0.408 e. The van der Waals surface area contributed by atoms with Gasteiger partial charge in [0.2, 0.25) is 0 Å². The van der Waals surface area contributed by atoms with E-state index in [-0.39, 0.29) is 0 Å². The molecule has 2 atom stereocenters. The zero-order valence-electron chi connectivity index (χ0n) is 11.6. The molecule has 0 fully saturated rings. The summed E-state index contributed by atoms with van der Waals surface area (Å²) >= 11 is 0. The van der Waals surface area contributed by atoms with Crippen molar-refractivity contribution >= 4 is 17.1 Å². The Kier molecular flexibility index (Phi) is 5.53. The van der Waals surface area contributed by atoms with E-state index in [1.165, 1.54) is 6.08 Å². The average Bonchev–Trinajstić information content (AvgIpc) is 2.32. The number of rotatable bonds is 4. The second-order valence-electron chi connectivity index (χ2n) is 5.29. The Balaban J connectivity index is 2.87. The fourth-order valence-corrected chi connectivity index (χ4v) is 2.08. The molecule has 1 aromatic carbocycles. The lowest BCUT2D eigenvalue weighted by molar-refractivity contribution is -0.139. The molecule has 0 radical (unpaired) electrons. The first-order chi connectivity index (χ1) is 9.10. The van der Waals surface area contributed by atoms with E-state index in [1.807, 2.05) is 0 Å². The quantitative estimate of drug-likeness (QED) is 0.903. The van der Waals surface area contributed by atoms with Crippen LogP contribution in [0.15, 0.2) is 36.4 Å². The van der Waals surface area contributed by atoms with E-state index in [9.17, 15) is 17.4 Å². The van der Waals surface area contributed by atoms with Gasteiger partial charge in [-0.2, -0.15) is 13.2 Å². The number of hydrogen-bond acceptors (Lipinski definition) is 1. The Morgan fingerprint density at radius 2 is 1.70 bits per heavy atom. The Labute approximate surface area is 119 Å². The van der Waals surface area contributed by atoms with Crippen LogP contribution in [0.2, 0.25) is 0 Å². The molecule has 0 aliphatic heterocycles. The molecular weight excluding hydrogens is 287 g/mol. The predicted molar refractivity (Wildman–Crippen MR) is 76.4 cm³/mol. The lowest BCUT2D eigenvalue weighted by atomic mass is 10.2. The molecular formula is C14H18F3NOS. The largest absolute Gasteiger partial charge is 0.408 e. The molecule has 20 heavy (non-hydrogen) atoms. The second-order valence-corrected chi connectivity index (χ2v) is 7.29. The van der Waals surface area contributed by atoms with Crippen LogP contribution < -0.4 is 4.72 Å². The van der Waals surface area contributed by atoms with Crippen molar-refractivity contribution in [3.63, 3.8) is 0 Å². The van der Waals surface area contributed by atoms with Gasteiger partial charge in [0.25, 0.3) is 0 Å². The highest BCUT2D eigenvalue weighted by Gasteiger charge is 2.40. The highest BCUT2D eigenvalue weighted by atomic mass is 32.2. The fraction of sp³-hybridized carbons (Fsp3) is 0.429. The van der Waals surface area contributed by atoms with Gasteiger partial charge >= 0.3 is 6.18 Å². The third kappa shape index (κ3) is 5.46. The van der Waals surface area contributed by atoms with Gasteiger partial charge in [-0.25, -0.2) is 8.93 Å². The van der Waals surface area contributed by atoms with Crippen molar-refractivity contribution < 1.29 is 17.4 Å². The Morgan fingerprint density at radius 1 is 1.15 bits per heavy atom. The lowest BCUT2D eigenvalue weighted by Crippen LogP contribution is -2.46. The van der Waals surface area contributed by atoms with E-state index in [1.54, 1.807) is 51.1 Å². The Morgan fingerprint density at radius 3 is 2.15 bits per heavy atom. The molecule has 0 aliphatic rings. The topological polar surface area (TPSA) is 29.1 Å². The molecule has 112 valence electrons. The van der Waals surface area contributed by atoms with Gasteiger partial charge in [0.1, 0.15) is 6.04 Å². The van der Waals surface area contributed by atoms with Crippen molar-refractivity contribution in [1.29, 1.82) is 0 Å². The van der Waals surface area contributed by atoms with Crippen LogP contribution in [0.1, 0.15) is 26.3 Å². The predicted octanol–water partition coefficient (Wildman–Crippen LogP) is 3.68. The normalized spacial score (nSPS) is 16.3. The van der Waals surface area contributed by atoms with Crippen LogP contribution in [0.3, 0.4) is 0 Å². The molecule has 0 bridgehead atoms. The van der Waals surface area contributed by atoms with Gasteiger partial charge in [0, 0.05) is 0 Å². The molecule has 0 amide bonds. The van der Waals surface area contributed by atoms with Crippen LogP contribution in [0.25, 0.3) is 6.08 Å². The van der Waals surface area contributed by atoms with Crippen molar-refractivity contribution in [2.24, 2.45) is 0 Å². The minimum absolute atomic E-state index is 0.657. The zero-order valence-corrected chi connectivity index (χ0v) is 12.4. The Bertz CT molecular complexity index is 477. The minimum Gasteiger partial charge on any atom is -0.242 e. The molecule has 0 heterocycles. The summed E-state index contributed by atoms with van der Waals surface area (Å²) in [6.07, 6.45) is -2.14. The van der Waals surface area contributed by atoms with Gasteiger partial charge in [-0.15, -0.1) is 0 Å². The van der Waals surface area contributed by atoms with Gasteiger partial charge in [0.05, 0.1) is 15.7 Å². The van der Waals surface area contributed by atoms with Crippen LogP contribution in [0, 0.1) is 0 Å². The van der Waals surface area contributed by atoms with Gasteiger partial charge < -0.3 is 0 Å². The third-order valence-corrected chi connectivity index (χ3v) is 4.00. The maximum atomic E-state index is 12.9. The van der Waals surface area contributed by atoms with E-state index < -0.39 is 28.0 Å². The van der Waals surface area contributed by atoms with Crippen molar-refractivity contribution in [2.75, 3.05) is 0 Å². The smallest absolute Gasteiger partial charge is 0.242 e. The molecule has 0 aliphatic carbocycles. The summed E-state index contributed by atoms with van der Waals surface area (Å²) < 4.78 is 51.9. The van der Waals surface area contributed by atoms with Crippen molar-refractivity contribution in [2.45, 2.75) is 37.7 Å². The standard InChI is InChI=1S/C14H18F3NOS/c1-13(2,3)20(19)18-12(14(15,16)17)10-9-11-7-5-4-6-8-11/h4-10,12,18H,1-3H3/b10-9+/t12-,20?/m0/s1. The van der Waals surface area contributed by atoms with Crippen LogP contribution in [-0.2, 0) is 11.0 Å². The van der Waals surface area contributed by atoms with Crippen LogP contribution in [0.4, 0.5) is 13.2 Å². The van der Waals surface area contributed by atoms with Gasteiger partial charge in [-0.3, -0.25) is 0 Å². The fourth-order valence-electron chi connectivity index (χ4n) is 1.28. The molecule has 0 saturated carbocycles. The van der Waals surface area contributed by atoms with E-state index in [2.05, 4.69) is 4.72 Å². The molecule has 1 rings (SSSR count). The molecule has 1 N–H and O–H groups in total. The molecule has 6 heteroatoms. The highest BCUT2D eigenvalue weighted by Crippen LogP contribution is 2.23. The number of nitrogens with one attached hydrogen (secondary N) is 1. The van der Waals surface area contributed by atoms with Gasteiger partial charge in [0.15, 0.2) is 0 Å². The third-order valence-electron chi connectivity index (χ3n) is 2.42. The number of alkyl halides is 3. The SMILES string of the molecule is CC(C)(C)S(=O)N[C@@H](/C=C/c1ccccc1)C(F)(F)F. The van der Waals surface area contributed by atoms with Crippen LogP contribution in [-0.4, -0.2) is 21.2 Å². The first-order valence-corrected chi connectivity index (χ1v) is 7.24. The van der Waals surface area contributed by atoms with E-state index in [0.29, 0.717) is 5.56 Å². The van der Waals surface area contributed by atoms with E-state index in [0.717, 1.165) is 6.08 Å². The Hall–Kier alpha value is -1.14. The summed E-state index contributed by atoms with van der Waals surface area (Å²) in [5, 5.41) is 0. The first-order valence-electron chi connectivity index (χ1n) is 6.09. The van der Waals surface area contributed by atoms with E-state index in [4.69, 9.17) is 0 Å². The zero-order chi connectivity index (χ0) is 15.4. The van der Waals surface area contributed by atoms with Crippen molar-refractivity contribution in [1.82, 2.24) is 4.72 Å². The van der Waals surface area contributed by atoms with Gasteiger partial charge in [-0.1, -0.05) is 42.5 Å². The minimum atomic E-state index is -4.49. The molecule has 1 aromatic rings.